The summed E-state index contributed by atoms with van der Waals surface area (Å²) in [5, 5.41) is 0. The van der Waals surface area contributed by atoms with E-state index in [9.17, 15) is 0 Å². The molecular formula is C23H26N6. The number of fused-ring (bicyclic) bond motifs is 1. The Hall–Kier alpha value is -2.99. The number of rotatable bonds is 4. The van der Waals surface area contributed by atoms with E-state index in [-0.39, 0.29) is 0 Å². The van der Waals surface area contributed by atoms with Crippen LogP contribution >= 0.6 is 0 Å². The van der Waals surface area contributed by atoms with Crippen LogP contribution < -0.4 is 9.80 Å². The van der Waals surface area contributed by atoms with Crippen molar-refractivity contribution in [2.24, 2.45) is 0 Å². The Labute approximate surface area is 171 Å². The molecule has 5 rings (SSSR count). The first-order chi connectivity index (χ1) is 14.3. The van der Waals surface area contributed by atoms with Crippen LogP contribution in [0.5, 0.6) is 0 Å². The molecular weight excluding hydrogens is 360 g/mol. The third kappa shape index (κ3) is 4.07. The van der Waals surface area contributed by atoms with Gasteiger partial charge in [0.05, 0.1) is 5.69 Å². The molecule has 2 aromatic heterocycles. The van der Waals surface area contributed by atoms with E-state index in [2.05, 4.69) is 56.1 Å². The predicted molar refractivity (Wildman–Crippen MR) is 115 cm³/mol. The maximum absolute atomic E-state index is 4.93. The Morgan fingerprint density at radius 3 is 2.38 bits per heavy atom. The zero-order valence-corrected chi connectivity index (χ0v) is 16.6. The number of hydrogen-bond acceptors (Lipinski definition) is 6. The number of aromatic nitrogens is 3. The van der Waals surface area contributed by atoms with Crippen molar-refractivity contribution < 1.29 is 0 Å². The average Bonchev–Trinajstić information content (AvgIpc) is 2.80. The van der Waals surface area contributed by atoms with Crippen LogP contribution in [0.2, 0.25) is 0 Å². The van der Waals surface area contributed by atoms with Crippen LogP contribution in [0.3, 0.4) is 0 Å². The van der Waals surface area contributed by atoms with Crippen LogP contribution in [-0.2, 0) is 19.5 Å². The van der Waals surface area contributed by atoms with Crippen LogP contribution in [0, 0.1) is 0 Å². The molecule has 0 unspecified atom stereocenters. The molecule has 0 radical (unpaired) electrons. The first-order valence-corrected chi connectivity index (χ1v) is 10.4. The highest BCUT2D eigenvalue weighted by molar-refractivity contribution is 5.42. The molecule has 2 aliphatic rings. The van der Waals surface area contributed by atoms with E-state index in [0.717, 1.165) is 64.0 Å². The third-order valence-electron chi connectivity index (χ3n) is 5.79. The number of anilines is 2. The molecule has 3 aromatic rings. The fraction of sp³-hybridized carbons (Fsp3) is 0.348. The van der Waals surface area contributed by atoms with Crippen LogP contribution in [-0.4, -0.2) is 52.6 Å². The van der Waals surface area contributed by atoms with Gasteiger partial charge in [0, 0.05) is 70.2 Å². The number of hydrogen-bond donors (Lipinski definition) is 0. The van der Waals surface area contributed by atoms with E-state index < -0.39 is 0 Å². The molecule has 0 atom stereocenters. The quantitative estimate of drug-likeness (QED) is 0.687. The Bertz CT molecular complexity index is 938. The molecule has 2 aliphatic heterocycles. The topological polar surface area (TPSA) is 48.4 Å². The number of benzene rings is 1. The summed E-state index contributed by atoms with van der Waals surface area (Å²) < 4.78 is 0. The normalized spacial score (nSPS) is 17.2. The molecule has 4 heterocycles. The molecule has 6 nitrogen and oxygen atoms in total. The average molecular weight is 387 g/mol. The Kier molecular flexibility index (Phi) is 5.09. The van der Waals surface area contributed by atoms with Gasteiger partial charge in [-0.15, -0.1) is 0 Å². The first kappa shape index (κ1) is 18.1. The maximum Gasteiger partial charge on any atom is 0.225 e. The van der Waals surface area contributed by atoms with Gasteiger partial charge in [-0.3, -0.25) is 4.90 Å². The van der Waals surface area contributed by atoms with Gasteiger partial charge >= 0.3 is 0 Å². The lowest BCUT2D eigenvalue weighted by molar-refractivity contribution is 0.243. The lowest BCUT2D eigenvalue weighted by Crippen LogP contribution is -2.47. The number of pyridine rings is 1. The van der Waals surface area contributed by atoms with Crippen LogP contribution in [0.4, 0.5) is 11.8 Å². The van der Waals surface area contributed by atoms with Gasteiger partial charge in [-0.25, -0.2) is 15.0 Å². The van der Waals surface area contributed by atoms with Gasteiger partial charge in [0.15, 0.2) is 0 Å². The van der Waals surface area contributed by atoms with Crippen molar-refractivity contribution >= 4 is 11.8 Å². The Morgan fingerprint density at radius 1 is 0.793 bits per heavy atom. The van der Waals surface area contributed by atoms with E-state index in [4.69, 9.17) is 9.97 Å². The number of nitrogens with zero attached hydrogens (tertiary/aromatic N) is 6. The molecule has 29 heavy (non-hydrogen) atoms. The summed E-state index contributed by atoms with van der Waals surface area (Å²) in [7, 11) is 0. The zero-order valence-electron chi connectivity index (χ0n) is 16.6. The highest BCUT2D eigenvalue weighted by Crippen LogP contribution is 2.22. The van der Waals surface area contributed by atoms with E-state index in [1.54, 1.807) is 0 Å². The standard InChI is InChI=1S/C23H26N6/c1-2-6-19(7-3-1)17-27-11-9-21-20(18-27)16-25-23(26-21)29-14-12-28(13-15-29)22-8-4-5-10-24-22/h1-8,10,16H,9,11-15,17-18H2. The summed E-state index contributed by atoms with van der Waals surface area (Å²) in [6, 6.07) is 16.8. The molecule has 0 spiro atoms. The second-order valence-corrected chi connectivity index (χ2v) is 7.75. The minimum atomic E-state index is 0.876. The van der Waals surface area contributed by atoms with Gasteiger partial charge in [-0.1, -0.05) is 36.4 Å². The van der Waals surface area contributed by atoms with E-state index in [1.807, 2.05) is 24.5 Å². The van der Waals surface area contributed by atoms with Crippen molar-refractivity contribution in [2.75, 3.05) is 42.5 Å². The van der Waals surface area contributed by atoms with Gasteiger partial charge in [0.25, 0.3) is 0 Å². The monoisotopic (exact) mass is 386 g/mol. The molecule has 0 amide bonds. The SMILES string of the molecule is c1ccc(CN2CCc3nc(N4CCN(c5ccccn5)CC4)ncc3C2)cc1. The van der Waals surface area contributed by atoms with Crippen LogP contribution in [0.1, 0.15) is 16.8 Å². The second-order valence-electron chi connectivity index (χ2n) is 7.75. The smallest absolute Gasteiger partial charge is 0.225 e. The minimum Gasteiger partial charge on any atom is -0.353 e. The maximum atomic E-state index is 4.93. The molecule has 1 fully saturated rings. The molecule has 0 saturated carbocycles. The summed E-state index contributed by atoms with van der Waals surface area (Å²) in [6.07, 6.45) is 4.89. The van der Waals surface area contributed by atoms with Crippen molar-refractivity contribution in [3.05, 3.63) is 77.7 Å². The highest BCUT2D eigenvalue weighted by Gasteiger charge is 2.23. The Balaban J connectivity index is 1.22. The van der Waals surface area contributed by atoms with Gasteiger partial charge < -0.3 is 9.80 Å². The van der Waals surface area contributed by atoms with E-state index >= 15 is 0 Å². The fourth-order valence-corrected chi connectivity index (χ4v) is 4.17. The van der Waals surface area contributed by atoms with Gasteiger partial charge in [-0.2, -0.15) is 0 Å². The van der Waals surface area contributed by atoms with Crippen molar-refractivity contribution in [1.29, 1.82) is 0 Å². The van der Waals surface area contributed by atoms with Crippen molar-refractivity contribution in [3.8, 4) is 0 Å². The van der Waals surface area contributed by atoms with E-state index in [0.29, 0.717) is 0 Å². The molecule has 0 bridgehead atoms. The molecule has 148 valence electrons. The lowest BCUT2D eigenvalue weighted by atomic mass is 10.1. The first-order valence-electron chi connectivity index (χ1n) is 10.4. The minimum absolute atomic E-state index is 0.876. The molecule has 1 saturated heterocycles. The third-order valence-corrected chi connectivity index (χ3v) is 5.79. The summed E-state index contributed by atoms with van der Waals surface area (Å²) in [6.45, 7) is 6.71. The largest absolute Gasteiger partial charge is 0.353 e. The van der Waals surface area contributed by atoms with Crippen molar-refractivity contribution in [2.45, 2.75) is 19.5 Å². The summed E-state index contributed by atoms with van der Waals surface area (Å²) in [5.74, 6) is 1.93. The predicted octanol–water partition coefficient (Wildman–Crippen LogP) is 2.76. The van der Waals surface area contributed by atoms with Crippen LogP contribution in [0.25, 0.3) is 0 Å². The van der Waals surface area contributed by atoms with Gasteiger partial charge in [-0.05, 0) is 17.7 Å². The zero-order chi connectivity index (χ0) is 19.5. The molecule has 6 heteroatoms. The Morgan fingerprint density at radius 2 is 1.59 bits per heavy atom. The van der Waals surface area contributed by atoms with Gasteiger partial charge in [0.1, 0.15) is 5.82 Å². The summed E-state index contributed by atoms with van der Waals surface area (Å²) in [4.78, 5) is 21.2. The van der Waals surface area contributed by atoms with Crippen molar-refractivity contribution in [3.63, 3.8) is 0 Å². The lowest BCUT2D eigenvalue weighted by Gasteiger charge is -2.36. The number of piperazine rings is 1. The van der Waals surface area contributed by atoms with E-state index in [1.165, 1.54) is 16.8 Å². The van der Waals surface area contributed by atoms with Crippen molar-refractivity contribution in [1.82, 2.24) is 19.9 Å². The fourth-order valence-electron chi connectivity index (χ4n) is 4.17. The molecule has 0 aliphatic carbocycles. The molecule has 0 N–H and O–H groups in total. The van der Waals surface area contributed by atoms with Crippen LogP contribution in [0.15, 0.2) is 60.9 Å². The highest BCUT2D eigenvalue weighted by atomic mass is 15.3. The summed E-state index contributed by atoms with van der Waals surface area (Å²) >= 11 is 0. The second kappa shape index (κ2) is 8.17. The van der Waals surface area contributed by atoms with Gasteiger partial charge in [0.2, 0.25) is 5.95 Å². The molecule has 1 aromatic carbocycles. The summed E-state index contributed by atoms with van der Waals surface area (Å²) in [5.41, 5.74) is 3.84.